The van der Waals surface area contributed by atoms with Crippen molar-refractivity contribution in [2.24, 2.45) is 0 Å². The highest BCUT2D eigenvalue weighted by Crippen LogP contribution is 2.40. The molecular weight excluding hydrogens is 500 g/mol. The monoisotopic (exact) mass is 524 g/mol. The number of benzene rings is 3. The van der Waals surface area contributed by atoms with Crippen LogP contribution in [0.3, 0.4) is 0 Å². The molecule has 0 bridgehead atoms. The van der Waals surface area contributed by atoms with E-state index in [1.54, 1.807) is 17.0 Å². The summed E-state index contributed by atoms with van der Waals surface area (Å²) in [7, 11) is 3.94. The van der Waals surface area contributed by atoms with Crippen LogP contribution >= 0.6 is 35.6 Å². The number of hydrogen-bond donors (Lipinski definition) is 0. The number of halogens is 1. The van der Waals surface area contributed by atoms with Crippen LogP contribution in [0.15, 0.2) is 71.6 Å². The molecule has 1 aliphatic heterocycles. The lowest BCUT2D eigenvalue weighted by Gasteiger charge is -2.17. The summed E-state index contributed by atoms with van der Waals surface area (Å²) in [5.74, 6) is 0.830. The van der Waals surface area contributed by atoms with Crippen LogP contribution in [0.1, 0.15) is 18.1 Å². The van der Waals surface area contributed by atoms with Crippen LogP contribution < -0.4 is 19.3 Å². The van der Waals surface area contributed by atoms with Crippen molar-refractivity contribution in [1.29, 1.82) is 0 Å². The Hall–Kier alpha value is -3.00. The molecule has 180 valence electrons. The van der Waals surface area contributed by atoms with E-state index in [1.807, 2.05) is 86.6 Å². The first-order valence-corrected chi connectivity index (χ1v) is 12.7. The minimum absolute atomic E-state index is 0.170. The summed E-state index contributed by atoms with van der Waals surface area (Å²) in [6.45, 7) is 2.71. The molecule has 1 fully saturated rings. The van der Waals surface area contributed by atoms with E-state index >= 15 is 0 Å². The van der Waals surface area contributed by atoms with Gasteiger partial charge < -0.3 is 14.4 Å². The summed E-state index contributed by atoms with van der Waals surface area (Å²) < 4.78 is 12.3. The molecule has 1 amide bonds. The number of nitrogens with zero attached hydrogens (tertiary/aromatic N) is 2. The Kier molecular flexibility index (Phi) is 8.00. The fraction of sp³-hybridized carbons (Fsp3) is 0.185. The zero-order valence-corrected chi connectivity index (χ0v) is 22.0. The largest absolute Gasteiger partial charge is 0.490 e. The zero-order chi connectivity index (χ0) is 24.9. The molecule has 0 atom stereocenters. The quantitative estimate of drug-likeness (QED) is 0.239. The number of rotatable bonds is 8. The summed E-state index contributed by atoms with van der Waals surface area (Å²) >= 11 is 13.4. The normalized spacial score (nSPS) is 14.5. The number of thioether (sulfide) groups is 1. The van der Waals surface area contributed by atoms with Crippen LogP contribution in [0, 0.1) is 0 Å². The second kappa shape index (κ2) is 11.2. The number of hydrogen-bond acceptors (Lipinski definition) is 6. The van der Waals surface area contributed by atoms with Gasteiger partial charge in [-0.3, -0.25) is 9.69 Å². The van der Waals surface area contributed by atoms with Gasteiger partial charge >= 0.3 is 0 Å². The van der Waals surface area contributed by atoms with Crippen LogP contribution in [0.5, 0.6) is 11.5 Å². The van der Waals surface area contributed by atoms with Gasteiger partial charge in [0.1, 0.15) is 6.61 Å². The van der Waals surface area contributed by atoms with Crippen molar-refractivity contribution in [3.8, 4) is 11.5 Å². The van der Waals surface area contributed by atoms with Gasteiger partial charge in [0.2, 0.25) is 0 Å². The third kappa shape index (κ3) is 5.81. The van der Waals surface area contributed by atoms with Crippen molar-refractivity contribution in [3.63, 3.8) is 0 Å². The molecule has 0 radical (unpaired) electrons. The average Bonchev–Trinajstić information content (AvgIpc) is 3.12. The van der Waals surface area contributed by atoms with E-state index in [1.165, 1.54) is 11.8 Å². The molecule has 4 rings (SSSR count). The smallest absolute Gasteiger partial charge is 0.270 e. The maximum absolute atomic E-state index is 13.2. The van der Waals surface area contributed by atoms with Crippen LogP contribution in [0.4, 0.5) is 11.4 Å². The van der Waals surface area contributed by atoms with Crippen molar-refractivity contribution in [2.45, 2.75) is 13.5 Å². The lowest BCUT2D eigenvalue weighted by Crippen LogP contribution is -2.27. The van der Waals surface area contributed by atoms with Gasteiger partial charge in [-0.2, -0.15) is 0 Å². The predicted octanol–water partition coefficient (Wildman–Crippen LogP) is 6.79. The average molecular weight is 525 g/mol. The minimum atomic E-state index is -0.170. The van der Waals surface area contributed by atoms with Gasteiger partial charge in [-0.1, -0.05) is 65.9 Å². The highest BCUT2D eigenvalue weighted by Gasteiger charge is 2.33. The highest BCUT2D eigenvalue weighted by molar-refractivity contribution is 8.27. The summed E-state index contributed by atoms with van der Waals surface area (Å²) in [4.78, 5) is 17.3. The van der Waals surface area contributed by atoms with E-state index in [0.29, 0.717) is 39.0 Å². The Morgan fingerprint density at radius 1 is 1.06 bits per heavy atom. The lowest BCUT2D eigenvalue weighted by molar-refractivity contribution is -0.113. The molecule has 1 saturated heterocycles. The van der Waals surface area contributed by atoms with Crippen LogP contribution in [0.2, 0.25) is 5.02 Å². The van der Waals surface area contributed by atoms with Gasteiger partial charge in [-0.05, 0) is 60.5 Å². The summed E-state index contributed by atoms with van der Waals surface area (Å²) in [5.41, 5.74) is 3.54. The van der Waals surface area contributed by atoms with E-state index in [-0.39, 0.29) is 5.91 Å². The minimum Gasteiger partial charge on any atom is -0.490 e. The Morgan fingerprint density at radius 2 is 1.77 bits per heavy atom. The first kappa shape index (κ1) is 25.1. The molecule has 35 heavy (non-hydrogen) atoms. The van der Waals surface area contributed by atoms with Crippen molar-refractivity contribution in [2.75, 3.05) is 30.5 Å². The van der Waals surface area contributed by atoms with Crippen molar-refractivity contribution in [3.05, 3.63) is 87.8 Å². The van der Waals surface area contributed by atoms with Crippen LogP contribution in [0.25, 0.3) is 6.08 Å². The summed E-state index contributed by atoms with van der Waals surface area (Å²) in [6, 6.07) is 21.1. The molecule has 5 nitrogen and oxygen atoms in total. The molecule has 1 aliphatic rings. The predicted molar refractivity (Wildman–Crippen MR) is 150 cm³/mol. The van der Waals surface area contributed by atoms with E-state index in [4.69, 9.17) is 33.3 Å². The molecular formula is C27H25ClN2O3S2. The highest BCUT2D eigenvalue weighted by atomic mass is 35.5. The van der Waals surface area contributed by atoms with Gasteiger partial charge in [0.05, 0.1) is 22.2 Å². The topological polar surface area (TPSA) is 42.0 Å². The van der Waals surface area contributed by atoms with E-state index in [0.717, 1.165) is 22.5 Å². The van der Waals surface area contributed by atoms with Crippen LogP contribution in [-0.2, 0) is 11.4 Å². The molecule has 0 aromatic heterocycles. The number of carbonyl (C=O) groups excluding carboxylic acids is 1. The number of carbonyl (C=O) groups is 1. The van der Waals surface area contributed by atoms with Crippen molar-refractivity contribution < 1.29 is 14.3 Å². The van der Waals surface area contributed by atoms with Crippen molar-refractivity contribution in [1.82, 2.24) is 0 Å². The summed E-state index contributed by atoms with van der Waals surface area (Å²) in [6.07, 6.45) is 1.78. The fourth-order valence-electron chi connectivity index (χ4n) is 3.55. The molecule has 3 aromatic carbocycles. The molecule has 8 heteroatoms. The van der Waals surface area contributed by atoms with Crippen LogP contribution in [-0.4, -0.2) is 30.9 Å². The van der Waals surface area contributed by atoms with Gasteiger partial charge in [0.15, 0.2) is 15.8 Å². The van der Waals surface area contributed by atoms with E-state index < -0.39 is 0 Å². The third-order valence-electron chi connectivity index (χ3n) is 5.27. The van der Waals surface area contributed by atoms with E-state index in [9.17, 15) is 4.79 Å². The van der Waals surface area contributed by atoms with Gasteiger partial charge in [0, 0.05) is 19.8 Å². The standard InChI is InChI=1S/C27H25ClN2O3S2/c1-4-32-23-15-19(14-22(28)25(23)33-17-18-8-6-5-7-9-18)16-24-26(31)30(27(34)35-24)21-12-10-20(11-13-21)29(2)3/h5-16H,4,17H2,1-3H3/b24-16-. The zero-order valence-electron chi connectivity index (χ0n) is 19.7. The van der Waals surface area contributed by atoms with E-state index in [2.05, 4.69) is 0 Å². The maximum Gasteiger partial charge on any atom is 0.270 e. The molecule has 0 N–H and O–H groups in total. The molecule has 0 unspecified atom stereocenters. The molecule has 3 aromatic rings. The molecule has 0 saturated carbocycles. The number of ether oxygens (including phenoxy) is 2. The Morgan fingerprint density at radius 3 is 2.43 bits per heavy atom. The van der Waals surface area contributed by atoms with Gasteiger partial charge in [-0.15, -0.1) is 0 Å². The Bertz CT molecular complexity index is 1260. The van der Waals surface area contributed by atoms with Gasteiger partial charge in [-0.25, -0.2) is 0 Å². The Labute approximate surface area is 220 Å². The second-order valence-corrected chi connectivity index (χ2v) is 10.0. The SMILES string of the molecule is CCOc1cc(/C=C2\SC(=S)N(c3ccc(N(C)C)cc3)C2=O)cc(Cl)c1OCc1ccccc1. The van der Waals surface area contributed by atoms with Crippen molar-refractivity contribution >= 4 is 63.3 Å². The fourth-order valence-corrected chi connectivity index (χ4v) is 5.12. The number of amides is 1. The third-order valence-corrected chi connectivity index (χ3v) is 6.86. The lowest BCUT2D eigenvalue weighted by atomic mass is 10.1. The molecule has 0 spiro atoms. The summed E-state index contributed by atoms with van der Waals surface area (Å²) in [5, 5.41) is 0.410. The van der Waals surface area contributed by atoms with Gasteiger partial charge in [0.25, 0.3) is 5.91 Å². The Balaban J connectivity index is 1.58. The molecule has 1 heterocycles. The second-order valence-electron chi connectivity index (χ2n) is 7.97. The molecule has 0 aliphatic carbocycles. The first-order valence-electron chi connectivity index (χ1n) is 11.1. The number of anilines is 2. The number of thiocarbonyl (C=S) groups is 1. The maximum atomic E-state index is 13.2. The first-order chi connectivity index (χ1) is 16.9.